The molecule has 0 spiro atoms. The number of hydrogen-bond donors (Lipinski definition) is 2. The number of carboxylic acids is 1. The highest BCUT2D eigenvalue weighted by molar-refractivity contribution is 8.00. The Labute approximate surface area is 122 Å². The Hall–Kier alpha value is -1.69. The molecule has 2 N–H and O–H groups in total. The number of ether oxygens (including phenoxy) is 1. The zero-order valence-electron chi connectivity index (χ0n) is 11.6. The van der Waals surface area contributed by atoms with Gasteiger partial charge < -0.3 is 15.2 Å². The van der Waals surface area contributed by atoms with Gasteiger partial charge in [0.2, 0.25) is 5.91 Å². The van der Waals surface area contributed by atoms with Gasteiger partial charge in [0.1, 0.15) is 12.4 Å². The van der Waals surface area contributed by atoms with E-state index in [0.717, 1.165) is 5.75 Å². The van der Waals surface area contributed by atoms with E-state index in [1.54, 1.807) is 23.9 Å². The molecule has 1 amide bonds. The summed E-state index contributed by atoms with van der Waals surface area (Å²) in [5, 5.41) is 11.6. The largest absolute Gasteiger partial charge is 0.492 e. The fourth-order valence-corrected chi connectivity index (χ4v) is 2.27. The van der Waals surface area contributed by atoms with Crippen molar-refractivity contribution in [2.24, 2.45) is 0 Å². The summed E-state index contributed by atoms with van der Waals surface area (Å²) in [6.45, 7) is 4.57. The predicted molar refractivity (Wildman–Crippen MR) is 79.5 cm³/mol. The molecule has 0 saturated carbocycles. The Balaban J connectivity index is 2.32. The molecule has 0 aliphatic heterocycles. The molecule has 0 aliphatic carbocycles. The number of benzene rings is 1. The molecule has 0 radical (unpaired) electrons. The zero-order chi connectivity index (χ0) is 15.0. The van der Waals surface area contributed by atoms with Crippen LogP contribution in [0.3, 0.4) is 0 Å². The highest BCUT2D eigenvalue weighted by Crippen LogP contribution is 2.13. The van der Waals surface area contributed by atoms with Crippen molar-refractivity contribution in [3.05, 3.63) is 29.8 Å². The van der Waals surface area contributed by atoms with Crippen LogP contribution in [0.4, 0.5) is 0 Å². The first-order valence-corrected chi connectivity index (χ1v) is 7.45. The van der Waals surface area contributed by atoms with Gasteiger partial charge in [-0.1, -0.05) is 13.0 Å². The molecule has 5 nitrogen and oxygen atoms in total. The molecule has 110 valence electrons. The van der Waals surface area contributed by atoms with Gasteiger partial charge >= 0.3 is 5.97 Å². The number of aromatic carboxylic acids is 1. The van der Waals surface area contributed by atoms with Crippen LogP contribution >= 0.6 is 11.8 Å². The van der Waals surface area contributed by atoms with Crippen LogP contribution in [0, 0.1) is 0 Å². The molecule has 0 bridgehead atoms. The first-order valence-electron chi connectivity index (χ1n) is 6.40. The van der Waals surface area contributed by atoms with Crippen LogP contribution in [0.5, 0.6) is 5.75 Å². The van der Waals surface area contributed by atoms with Gasteiger partial charge in [-0.3, -0.25) is 4.79 Å². The summed E-state index contributed by atoms with van der Waals surface area (Å²) < 4.78 is 5.40. The molecular weight excluding hydrogens is 278 g/mol. The highest BCUT2D eigenvalue weighted by Gasteiger charge is 2.11. The van der Waals surface area contributed by atoms with E-state index in [4.69, 9.17) is 9.84 Å². The topological polar surface area (TPSA) is 75.6 Å². The van der Waals surface area contributed by atoms with Gasteiger partial charge in [-0.05, 0) is 30.9 Å². The van der Waals surface area contributed by atoms with Gasteiger partial charge in [0, 0.05) is 0 Å². The van der Waals surface area contributed by atoms with E-state index < -0.39 is 5.97 Å². The van der Waals surface area contributed by atoms with E-state index >= 15 is 0 Å². The first kappa shape index (κ1) is 16.4. The fraction of sp³-hybridized carbons (Fsp3) is 0.429. The van der Waals surface area contributed by atoms with Gasteiger partial charge in [-0.15, -0.1) is 11.8 Å². The Morgan fingerprint density at radius 3 is 2.85 bits per heavy atom. The summed E-state index contributed by atoms with van der Waals surface area (Å²) in [6.07, 6.45) is 0. The lowest BCUT2D eigenvalue weighted by molar-refractivity contribution is -0.120. The van der Waals surface area contributed by atoms with E-state index in [2.05, 4.69) is 5.32 Å². The van der Waals surface area contributed by atoms with E-state index in [1.165, 1.54) is 12.1 Å². The number of nitrogens with one attached hydrogen (secondary N) is 1. The van der Waals surface area contributed by atoms with Crippen LogP contribution in [-0.2, 0) is 4.79 Å². The van der Waals surface area contributed by atoms with Crippen LogP contribution in [0.25, 0.3) is 0 Å². The number of thioether (sulfide) groups is 1. The van der Waals surface area contributed by atoms with Crippen LogP contribution in [0.15, 0.2) is 24.3 Å². The second-order valence-corrected chi connectivity index (χ2v) is 5.69. The van der Waals surface area contributed by atoms with Crippen molar-refractivity contribution in [3.8, 4) is 5.75 Å². The molecule has 1 aromatic rings. The number of carboxylic acid groups (broad SMARTS) is 1. The third-order valence-electron chi connectivity index (χ3n) is 2.54. The molecule has 0 fully saturated rings. The van der Waals surface area contributed by atoms with Crippen LogP contribution in [0.1, 0.15) is 24.2 Å². The Bertz CT molecular complexity index is 464. The van der Waals surface area contributed by atoms with Gasteiger partial charge in [-0.2, -0.15) is 0 Å². The average Bonchev–Trinajstić information content (AvgIpc) is 2.44. The monoisotopic (exact) mass is 297 g/mol. The summed E-state index contributed by atoms with van der Waals surface area (Å²) in [4.78, 5) is 22.4. The van der Waals surface area contributed by atoms with Gasteiger partial charge in [0.15, 0.2) is 0 Å². The maximum Gasteiger partial charge on any atom is 0.335 e. The maximum atomic E-state index is 11.6. The minimum atomic E-state index is -0.992. The normalized spacial score (nSPS) is 11.7. The first-order chi connectivity index (χ1) is 9.54. The van der Waals surface area contributed by atoms with Gasteiger partial charge in [-0.25, -0.2) is 4.79 Å². The predicted octanol–water partition coefficient (Wildman–Crippen LogP) is 2.02. The molecule has 0 aliphatic rings. The molecule has 0 unspecified atom stereocenters. The average molecular weight is 297 g/mol. The van der Waals surface area contributed by atoms with E-state index in [-0.39, 0.29) is 16.7 Å². The van der Waals surface area contributed by atoms with Crippen molar-refractivity contribution in [1.29, 1.82) is 0 Å². The standard InChI is InChI=1S/C14H19NO4S/c1-3-20-10(2)13(16)15-7-8-19-12-6-4-5-11(9-12)14(17)18/h4-6,9-10H,3,7-8H2,1-2H3,(H,15,16)(H,17,18)/t10-/m1/s1. The number of rotatable bonds is 8. The van der Waals surface area contributed by atoms with Crippen molar-refractivity contribution in [1.82, 2.24) is 5.32 Å². The second kappa shape index (κ2) is 8.47. The van der Waals surface area contributed by atoms with Gasteiger partial charge in [0.05, 0.1) is 17.4 Å². The van der Waals surface area contributed by atoms with Gasteiger partial charge in [0.25, 0.3) is 0 Å². The van der Waals surface area contributed by atoms with Crippen LogP contribution in [-0.4, -0.2) is 41.1 Å². The number of carbonyl (C=O) groups excluding carboxylic acids is 1. The SMILES string of the molecule is CCS[C@H](C)C(=O)NCCOc1cccc(C(=O)O)c1. The summed E-state index contributed by atoms with van der Waals surface area (Å²) in [6, 6.07) is 6.27. The number of amides is 1. The zero-order valence-corrected chi connectivity index (χ0v) is 12.4. The third-order valence-corrected chi connectivity index (χ3v) is 3.58. The molecular formula is C14H19NO4S. The molecule has 0 heterocycles. The quantitative estimate of drug-likeness (QED) is 0.718. The lowest BCUT2D eigenvalue weighted by Gasteiger charge is -2.11. The summed E-state index contributed by atoms with van der Waals surface area (Å²) >= 11 is 1.58. The van der Waals surface area contributed by atoms with E-state index in [0.29, 0.717) is 18.9 Å². The lowest BCUT2D eigenvalue weighted by atomic mass is 10.2. The molecule has 1 rings (SSSR count). The molecule has 6 heteroatoms. The van der Waals surface area contributed by atoms with Crippen molar-refractivity contribution < 1.29 is 19.4 Å². The molecule has 0 saturated heterocycles. The molecule has 1 aromatic carbocycles. The Morgan fingerprint density at radius 2 is 2.20 bits per heavy atom. The Kier molecular flexibility index (Phi) is 6.93. The Morgan fingerprint density at radius 1 is 1.45 bits per heavy atom. The lowest BCUT2D eigenvalue weighted by Crippen LogP contribution is -2.34. The maximum absolute atomic E-state index is 11.6. The van der Waals surface area contributed by atoms with Crippen LogP contribution in [0.2, 0.25) is 0 Å². The van der Waals surface area contributed by atoms with Crippen molar-refractivity contribution in [2.75, 3.05) is 18.9 Å². The fourth-order valence-electron chi connectivity index (χ4n) is 1.53. The van der Waals surface area contributed by atoms with Crippen molar-refractivity contribution in [2.45, 2.75) is 19.1 Å². The number of hydrogen-bond acceptors (Lipinski definition) is 4. The van der Waals surface area contributed by atoms with Crippen LogP contribution < -0.4 is 10.1 Å². The summed E-state index contributed by atoms with van der Waals surface area (Å²) in [5.41, 5.74) is 0.180. The molecule has 1 atom stereocenters. The third kappa shape index (κ3) is 5.52. The minimum Gasteiger partial charge on any atom is -0.492 e. The summed E-state index contributed by atoms with van der Waals surface area (Å²) in [7, 11) is 0. The summed E-state index contributed by atoms with van der Waals surface area (Å²) in [5.74, 6) is 0.372. The number of carbonyl (C=O) groups is 2. The molecule has 20 heavy (non-hydrogen) atoms. The van der Waals surface area contributed by atoms with E-state index in [1.807, 2.05) is 13.8 Å². The smallest absolute Gasteiger partial charge is 0.335 e. The minimum absolute atomic E-state index is 0.0141. The van der Waals surface area contributed by atoms with E-state index in [9.17, 15) is 9.59 Å². The second-order valence-electron chi connectivity index (χ2n) is 4.07. The molecule has 0 aromatic heterocycles. The highest BCUT2D eigenvalue weighted by atomic mass is 32.2. The van der Waals surface area contributed by atoms with Crippen molar-refractivity contribution >= 4 is 23.6 Å². The van der Waals surface area contributed by atoms with Crippen molar-refractivity contribution in [3.63, 3.8) is 0 Å².